The molecule has 0 amide bonds. The van der Waals surface area contributed by atoms with Crippen LogP contribution in [0.4, 0.5) is 0 Å². The second kappa shape index (κ2) is 8.26. The van der Waals surface area contributed by atoms with Crippen molar-refractivity contribution >= 4 is 29.9 Å². The van der Waals surface area contributed by atoms with Crippen LogP contribution in [0.3, 0.4) is 0 Å². The Kier molecular flexibility index (Phi) is 6.52. The second-order valence-electron chi connectivity index (χ2n) is 9.20. The zero-order chi connectivity index (χ0) is 20.6. The Balaban J connectivity index is 1.94. The van der Waals surface area contributed by atoms with Crippen LogP contribution in [0.15, 0.2) is 46.2 Å². The molecule has 1 aliphatic carbocycles. The summed E-state index contributed by atoms with van der Waals surface area (Å²) in [5.41, 5.74) is 0. The molecule has 0 radical (unpaired) electrons. The van der Waals surface area contributed by atoms with Gasteiger partial charge in [-0.2, -0.15) is 11.8 Å². The van der Waals surface area contributed by atoms with Gasteiger partial charge in [-0.1, -0.05) is 39.0 Å². The molecule has 0 N–H and O–H groups in total. The Bertz CT molecular complexity index is 810. The van der Waals surface area contributed by atoms with E-state index in [1.165, 1.54) is 0 Å². The van der Waals surface area contributed by atoms with Crippen LogP contribution in [-0.2, 0) is 14.3 Å². The number of sulfone groups is 1. The van der Waals surface area contributed by atoms with E-state index in [9.17, 15) is 8.42 Å². The first-order chi connectivity index (χ1) is 13.0. The lowest BCUT2D eigenvalue weighted by Crippen LogP contribution is -2.45. The van der Waals surface area contributed by atoms with E-state index in [1.807, 2.05) is 23.9 Å². The molecular weight excluding hydrogens is 406 g/mol. The molecule has 2 unspecified atom stereocenters. The van der Waals surface area contributed by atoms with E-state index in [0.717, 1.165) is 31.0 Å². The van der Waals surface area contributed by atoms with Gasteiger partial charge in [-0.15, -0.1) is 0 Å². The summed E-state index contributed by atoms with van der Waals surface area (Å²) >= 11 is 1.94. The monoisotopic (exact) mass is 439 g/mol. The van der Waals surface area contributed by atoms with Crippen LogP contribution in [0.1, 0.15) is 27.2 Å². The van der Waals surface area contributed by atoms with Crippen molar-refractivity contribution < 1.29 is 12.8 Å². The number of rotatable bonds is 5. The maximum Gasteiger partial charge on any atom is 0.204 e. The van der Waals surface area contributed by atoms with Crippen LogP contribution in [0.25, 0.3) is 0 Å². The quantitative estimate of drug-likeness (QED) is 0.630. The van der Waals surface area contributed by atoms with Gasteiger partial charge >= 0.3 is 0 Å². The number of hydrogen-bond acceptors (Lipinski definition) is 5. The molecular formula is C21H33NO3S2Si. The third-order valence-corrected chi connectivity index (χ3v) is 13.6. The maximum atomic E-state index is 13.5. The molecule has 0 bridgehead atoms. The molecule has 0 saturated carbocycles. The summed E-state index contributed by atoms with van der Waals surface area (Å²) in [5, 5.41) is 0.0964. The molecule has 1 saturated heterocycles. The fourth-order valence-corrected chi connectivity index (χ4v) is 7.49. The van der Waals surface area contributed by atoms with Crippen molar-refractivity contribution in [3.63, 3.8) is 0 Å². The smallest absolute Gasteiger partial charge is 0.204 e. The summed E-state index contributed by atoms with van der Waals surface area (Å²) in [6.07, 6.45) is 2.52. The van der Waals surface area contributed by atoms with E-state index in [2.05, 4.69) is 38.8 Å². The Morgan fingerprint density at radius 3 is 2.29 bits per heavy atom. The minimum absolute atomic E-state index is 0.0825. The van der Waals surface area contributed by atoms with Crippen LogP contribution < -0.4 is 0 Å². The van der Waals surface area contributed by atoms with Crippen molar-refractivity contribution in [3.05, 3.63) is 41.3 Å². The lowest BCUT2D eigenvalue weighted by atomic mass is 10.2. The van der Waals surface area contributed by atoms with Gasteiger partial charge in [0.2, 0.25) is 9.84 Å². The summed E-state index contributed by atoms with van der Waals surface area (Å²) in [7, 11) is -5.49. The molecule has 156 valence electrons. The van der Waals surface area contributed by atoms with E-state index in [0.29, 0.717) is 9.80 Å². The molecule has 2 atom stereocenters. The molecule has 1 fully saturated rings. The Morgan fingerprint density at radius 2 is 1.71 bits per heavy atom. The van der Waals surface area contributed by atoms with Crippen molar-refractivity contribution in [1.82, 2.24) is 4.90 Å². The number of nitrogens with zero attached hydrogens (tertiary/aromatic N) is 1. The van der Waals surface area contributed by atoms with Crippen molar-refractivity contribution in [2.75, 3.05) is 24.6 Å². The van der Waals surface area contributed by atoms with E-state index < -0.39 is 18.2 Å². The van der Waals surface area contributed by atoms with Gasteiger partial charge in [-0.3, -0.25) is 4.90 Å². The van der Waals surface area contributed by atoms with Crippen molar-refractivity contribution in [2.45, 2.75) is 62.4 Å². The van der Waals surface area contributed by atoms with Crippen LogP contribution in [0.5, 0.6) is 0 Å². The normalized spacial score (nSPS) is 25.0. The van der Waals surface area contributed by atoms with E-state index in [4.69, 9.17) is 4.43 Å². The zero-order valence-corrected chi connectivity index (χ0v) is 20.3. The fraction of sp³-hybridized carbons (Fsp3) is 0.619. The third-order valence-electron chi connectivity index (χ3n) is 6.24. The Hall–Kier alpha value is -0.603. The minimum Gasteiger partial charge on any atom is -0.410 e. The molecule has 1 heterocycles. The van der Waals surface area contributed by atoms with Gasteiger partial charge in [-0.25, -0.2) is 8.42 Å². The summed E-state index contributed by atoms with van der Waals surface area (Å²) in [6.45, 7) is 13.0. The fourth-order valence-electron chi connectivity index (χ4n) is 3.56. The Labute approximate surface area is 175 Å². The first-order valence-corrected chi connectivity index (χ1v) is 15.6. The molecule has 1 aliphatic heterocycles. The number of hydrogen-bond donors (Lipinski definition) is 0. The number of benzene rings is 1. The molecule has 1 aromatic rings. The van der Waals surface area contributed by atoms with Crippen molar-refractivity contribution in [1.29, 1.82) is 0 Å². The van der Waals surface area contributed by atoms with Crippen LogP contribution >= 0.6 is 11.8 Å². The summed E-state index contributed by atoms with van der Waals surface area (Å²) < 4.78 is 33.5. The van der Waals surface area contributed by atoms with Crippen molar-refractivity contribution in [3.8, 4) is 0 Å². The van der Waals surface area contributed by atoms with Crippen molar-refractivity contribution in [2.24, 2.45) is 0 Å². The predicted molar refractivity (Wildman–Crippen MR) is 121 cm³/mol. The highest BCUT2D eigenvalue weighted by Gasteiger charge is 2.44. The van der Waals surface area contributed by atoms with Crippen LogP contribution in [0, 0.1) is 0 Å². The molecule has 0 spiro atoms. The molecule has 3 rings (SSSR count). The summed E-state index contributed by atoms with van der Waals surface area (Å²) in [5.74, 6) is 2.12. The van der Waals surface area contributed by atoms with Crippen LogP contribution in [-0.4, -0.2) is 58.4 Å². The van der Waals surface area contributed by atoms with Gasteiger partial charge in [0, 0.05) is 30.6 Å². The number of thioether (sulfide) groups is 1. The van der Waals surface area contributed by atoms with Gasteiger partial charge < -0.3 is 4.43 Å². The summed E-state index contributed by atoms with van der Waals surface area (Å²) in [4.78, 5) is 3.26. The molecule has 28 heavy (non-hydrogen) atoms. The first kappa shape index (κ1) is 22.1. The predicted octanol–water partition coefficient (Wildman–Crippen LogP) is 4.56. The first-order valence-electron chi connectivity index (χ1n) is 10.0. The lowest BCUT2D eigenvalue weighted by Gasteiger charge is -2.39. The largest absolute Gasteiger partial charge is 0.410 e. The maximum absolute atomic E-state index is 13.5. The molecule has 2 aliphatic rings. The topological polar surface area (TPSA) is 46.6 Å². The molecule has 7 heteroatoms. The van der Waals surface area contributed by atoms with Gasteiger partial charge in [-0.05, 0) is 42.8 Å². The van der Waals surface area contributed by atoms with Gasteiger partial charge in [0.15, 0.2) is 8.32 Å². The highest BCUT2D eigenvalue weighted by atomic mass is 32.2. The molecule has 1 aromatic carbocycles. The van der Waals surface area contributed by atoms with Gasteiger partial charge in [0.05, 0.1) is 15.9 Å². The molecule has 0 aromatic heterocycles. The molecule has 4 nitrogen and oxygen atoms in total. The summed E-state index contributed by atoms with van der Waals surface area (Å²) in [6, 6.07) is 8.74. The van der Waals surface area contributed by atoms with E-state index in [-0.39, 0.29) is 17.2 Å². The standard InChI is InChI=1S/C21H33NO3S2Si/c1-21(2,3)28(4,5)25-17-15-19(22-11-13-26-14-12-22)20(16-17)27(23,24)18-9-7-6-8-10-18/h6-10,16-17,19H,11-15H2,1-5H3. The zero-order valence-electron chi connectivity index (χ0n) is 17.6. The van der Waals surface area contributed by atoms with E-state index in [1.54, 1.807) is 24.3 Å². The average molecular weight is 440 g/mol. The Morgan fingerprint density at radius 1 is 1.11 bits per heavy atom. The average Bonchev–Trinajstić information content (AvgIpc) is 3.06. The lowest BCUT2D eigenvalue weighted by molar-refractivity contribution is 0.175. The second-order valence-corrected chi connectivity index (χ2v) is 17.1. The van der Waals surface area contributed by atoms with E-state index >= 15 is 0 Å². The van der Waals surface area contributed by atoms with Crippen LogP contribution in [0.2, 0.25) is 18.1 Å². The third kappa shape index (κ3) is 4.59. The highest BCUT2D eigenvalue weighted by molar-refractivity contribution is 7.99. The minimum atomic E-state index is -3.51. The van der Waals surface area contributed by atoms with Gasteiger partial charge in [0.25, 0.3) is 0 Å². The van der Waals surface area contributed by atoms with Gasteiger partial charge in [0.1, 0.15) is 0 Å². The SMILES string of the molecule is CC(C)(C)[Si](C)(C)OC1C=C(S(=O)(=O)c2ccccc2)C(N2CCSCC2)C1. The highest BCUT2D eigenvalue weighted by Crippen LogP contribution is 2.41.